The van der Waals surface area contributed by atoms with Gasteiger partial charge in [-0.2, -0.15) is 22.0 Å². The second-order valence-corrected chi connectivity index (χ2v) is 6.37. The number of alkyl halides is 6. The van der Waals surface area contributed by atoms with Gasteiger partial charge < -0.3 is 15.7 Å². The van der Waals surface area contributed by atoms with Gasteiger partial charge in [0.25, 0.3) is 5.91 Å². The summed E-state index contributed by atoms with van der Waals surface area (Å²) in [6.45, 7) is -1.27. The molecule has 0 fully saturated rings. The number of carbonyl (C=O) groups excluding carboxylic acids is 1. The van der Waals surface area contributed by atoms with E-state index >= 15 is 0 Å². The Kier molecular flexibility index (Phi) is 7.79. The van der Waals surface area contributed by atoms with Crippen LogP contribution >= 0.6 is 0 Å². The fourth-order valence-corrected chi connectivity index (χ4v) is 2.78. The fourth-order valence-electron chi connectivity index (χ4n) is 2.78. The van der Waals surface area contributed by atoms with Crippen molar-refractivity contribution in [3.05, 3.63) is 53.9 Å². The number of rotatable bonds is 8. The van der Waals surface area contributed by atoms with Gasteiger partial charge in [-0.1, -0.05) is 30.3 Å². The van der Waals surface area contributed by atoms with E-state index in [1.165, 1.54) is 49.6 Å². The Morgan fingerprint density at radius 1 is 1.10 bits per heavy atom. The van der Waals surface area contributed by atoms with E-state index in [1.54, 1.807) is 5.32 Å². The molecule has 1 heterocycles. The molecule has 164 valence electrons. The fraction of sp³-hybridized carbons (Fsp3) is 0.368. The van der Waals surface area contributed by atoms with E-state index in [2.05, 4.69) is 10.3 Å². The number of halogens is 6. The average molecular weight is 435 g/mol. The number of pyridine rings is 1. The molecule has 5 nitrogen and oxygen atoms in total. The SMILES string of the molecule is CNC(c1ccc(-c2ccc(C(O)C(CF)NC(=O)C(F)F)cc2)cn1)C(F)(F)F. The van der Waals surface area contributed by atoms with Gasteiger partial charge in [0.05, 0.1) is 11.7 Å². The number of aliphatic hydroxyl groups is 1. The zero-order chi connectivity index (χ0) is 22.5. The smallest absolute Gasteiger partial charge is 0.386 e. The maximum atomic E-state index is 13.1. The average Bonchev–Trinajstić information content (AvgIpc) is 2.71. The first-order valence-corrected chi connectivity index (χ1v) is 8.71. The molecule has 0 radical (unpaired) electrons. The minimum atomic E-state index is -4.51. The standard InChI is InChI=1S/C19H19F6N3O2/c1-26-16(19(23,24)25)13-7-6-12(9-27-13)10-2-4-11(5-3-10)15(29)14(8-20)28-18(30)17(21)22/h2-7,9,14-17,26,29H,8H2,1H3,(H,28,30). The molecule has 2 aromatic rings. The molecule has 0 saturated carbocycles. The molecule has 0 aliphatic carbocycles. The summed E-state index contributed by atoms with van der Waals surface area (Å²) in [6, 6.07) is 4.97. The van der Waals surface area contributed by atoms with Crippen LogP contribution in [-0.2, 0) is 4.79 Å². The summed E-state index contributed by atoms with van der Waals surface area (Å²) in [7, 11) is 1.17. The van der Waals surface area contributed by atoms with E-state index in [1.807, 2.05) is 0 Å². The van der Waals surface area contributed by atoms with Crippen molar-refractivity contribution < 1.29 is 36.2 Å². The van der Waals surface area contributed by atoms with Crippen LogP contribution in [0, 0.1) is 0 Å². The van der Waals surface area contributed by atoms with Crippen molar-refractivity contribution in [1.82, 2.24) is 15.6 Å². The summed E-state index contributed by atoms with van der Waals surface area (Å²) in [4.78, 5) is 14.9. The first-order chi connectivity index (χ1) is 14.1. The van der Waals surface area contributed by atoms with E-state index in [9.17, 15) is 36.2 Å². The summed E-state index contributed by atoms with van der Waals surface area (Å²) < 4.78 is 76.5. The summed E-state index contributed by atoms with van der Waals surface area (Å²) in [5, 5.41) is 14.0. The van der Waals surface area contributed by atoms with Gasteiger partial charge >= 0.3 is 12.6 Å². The lowest BCUT2D eigenvalue weighted by molar-refractivity contribution is -0.157. The molecule has 0 aliphatic rings. The van der Waals surface area contributed by atoms with Crippen LogP contribution in [0.4, 0.5) is 26.3 Å². The monoisotopic (exact) mass is 435 g/mol. The van der Waals surface area contributed by atoms with Crippen LogP contribution in [0.3, 0.4) is 0 Å². The third kappa shape index (κ3) is 5.70. The molecule has 1 amide bonds. The number of aromatic nitrogens is 1. The van der Waals surface area contributed by atoms with Crippen molar-refractivity contribution in [2.24, 2.45) is 0 Å². The summed E-state index contributed by atoms with van der Waals surface area (Å²) >= 11 is 0. The van der Waals surface area contributed by atoms with Crippen LogP contribution in [0.15, 0.2) is 42.6 Å². The van der Waals surface area contributed by atoms with Crippen LogP contribution in [0.5, 0.6) is 0 Å². The highest BCUT2D eigenvalue weighted by Gasteiger charge is 2.40. The van der Waals surface area contributed by atoms with Crippen molar-refractivity contribution in [3.8, 4) is 11.1 Å². The van der Waals surface area contributed by atoms with E-state index in [-0.39, 0.29) is 11.3 Å². The maximum Gasteiger partial charge on any atom is 0.409 e. The number of aliphatic hydroxyl groups excluding tert-OH is 1. The molecule has 2 rings (SSSR count). The van der Waals surface area contributed by atoms with Crippen molar-refractivity contribution in [3.63, 3.8) is 0 Å². The van der Waals surface area contributed by atoms with Gasteiger partial charge in [-0.05, 0) is 24.2 Å². The zero-order valence-electron chi connectivity index (χ0n) is 15.6. The molecular formula is C19H19F6N3O2. The van der Waals surface area contributed by atoms with E-state index in [0.717, 1.165) is 0 Å². The molecule has 1 aromatic heterocycles. The van der Waals surface area contributed by atoms with Crippen LogP contribution in [0.1, 0.15) is 23.4 Å². The summed E-state index contributed by atoms with van der Waals surface area (Å²) in [5.41, 5.74) is 0.991. The number of carbonyl (C=O) groups is 1. The molecule has 3 atom stereocenters. The van der Waals surface area contributed by atoms with Gasteiger partial charge in [0.1, 0.15) is 18.8 Å². The van der Waals surface area contributed by atoms with Crippen LogP contribution in [-0.4, -0.2) is 48.4 Å². The van der Waals surface area contributed by atoms with Crippen molar-refractivity contribution in [2.75, 3.05) is 13.7 Å². The molecule has 0 spiro atoms. The summed E-state index contributed by atoms with van der Waals surface area (Å²) in [6.07, 6.45) is -8.17. The number of amides is 1. The number of nitrogens with zero attached hydrogens (tertiary/aromatic N) is 1. The van der Waals surface area contributed by atoms with E-state index in [4.69, 9.17) is 0 Å². The molecule has 3 N–H and O–H groups in total. The van der Waals surface area contributed by atoms with Gasteiger partial charge in [0, 0.05) is 11.8 Å². The predicted octanol–water partition coefficient (Wildman–Crippen LogP) is 3.32. The third-order valence-corrected chi connectivity index (χ3v) is 4.36. The lowest BCUT2D eigenvalue weighted by Gasteiger charge is -2.22. The van der Waals surface area contributed by atoms with Gasteiger partial charge in [-0.25, -0.2) is 4.39 Å². The molecular weight excluding hydrogens is 416 g/mol. The molecule has 11 heteroatoms. The Bertz CT molecular complexity index is 828. The second-order valence-electron chi connectivity index (χ2n) is 6.37. The van der Waals surface area contributed by atoms with Crippen LogP contribution in [0.25, 0.3) is 11.1 Å². The minimum Gasteiger partial charge on any atom is -0.386 e. The highest BCUT2D eigenvalue weighted by atomic mass is 19.4. The van der Waals surface area contributed by atoms with Gasteiger partial charge in [0.15, 0.2) is 0 Å². The van der Waals surface area contributed by atoms with Gasteiger partial charge in [0.2, 0.25) is 0 Å². The first-order valence-electron chi connectivity index (χ1n) is 8.71. The van der Waals surface area contributed by atoms with Gasteiger partial charge in [-0.3, -0.25) is 9.78 Å². The largest absolute Gasteiger partial charge is 0.409 e. The molecule has 0 aliphatic heterocycles. The molecule has 0 saturated heterocycles. The highest BCUT2D eigenvalue weighted by Crippen LogP contribution is 2.32. The quantitative estimate of drug-likeness (QED) is 0.557. The zero-order valence-corrected chi connectivity index (χ0v) is 15.6. The second kappa shape index (κ2) is 9.90. The third-order valence-electron chi connectivity index (χ3n) is 4.36. The lowest BCUT2D eigenvalue weighted by Crippen LogP contribution is -2.43. The first kappa shape index (κ1) is 23.6. The number of benzene rings is 1. The van der Waals surface area contributed by atoms with Crippen molar-refractivity contribution in [1.29, 1.82) is 0 Å². The molecule has 3 unspecified atom stereocenters. The lowest BCUT2D eigenvalue weighted by atomic mass is 9.99. The highest BCUT2D eigenvalue weighted by molar-refractivity contribution is 5.79. The Labute approximate surface area is 168 Å². The molecule has 30 heavy (non-hydrogen) atoms. The van der Waals surface area contributed by atoms with Crippen LogP contribution < -0.4 is 10.6 Å². The topological polar surface area (TPSA) is 74.2 Å². The summed E-state index contributed by atoms with van der Waals surface area (Å²) in [5.74, 6) is -1.70. The minimum absolute atomic E-state index is 0.160. The van der Waals surface area contributed by atoms with Gasteiger partial charge in [-0.15, -0.1) is 0 Å². The Hall–Kier alpha value is -2.66. The number of hydrogen-bond acceptors (Lipinski definition) is 4. The number of hydrogen-bond donors (Lipinski definition) is 3. The van der Waals surface area contributed by atoms with Crippen LogP contribution in [0.2, 0.25) is 0 Å². The predicted molar refractivity (Wildman–Crippen MR) is 96.4 cm³/mol. The Balaban J connectivity index is 2.16. The van der Waals surface area contributed by atoms with Crippen molar-refractivity contribution in [2.45, 2.75) is 30.8 Å². The van der Waals surface area contributed by atoms with E-state index in [0.29, 0.717) is 11.1 Å². The van der Waals surface area contributed by atoms with Crippen molar-refractivity contribution >= 4 is 5.91 Å². The number of nitrogens with one attached hydrogen (secondary N) is 2. The Morgan fingerprint density at radius 3 is 2.13 bits per heavy atom. The van der Waals surface area contributed by atoms with E-state index < -0.39 is 43.4 Å². The molecule has 0 bridgehead atoms. The normalized spacial score (nSPS) is 15.0. The maximum absolute atomic E-state index is 13.1. The Morgan fingerprint density at radius 2 is 1.70 bits per heavy atom. The molecule has 1 aromatic carbocycles.